The van der Waals surface area contributed by atoms with Crippen molar-refractivity contribution in [2.75, 3.05) is 19.6 Å². The normalized spacial score (nSPS) is 22.7. The van der Waals surface area contributed by atoms with Crippen LogP contribution < -0.4 is 10.6 Å². The third-order valence-electron chi connectivity index (χ3n) is 6.68. The molecule has 2 fully saturated rings. The van der Waals surface area contributed by atoms with Gasteiger partial charge in [0.25, 0.3) is 5.91 Å². The number of likely N-dealkylation sites (tertiary alicyclic amines) is 1. The van der Waals surface area contributed by atoms with Gasteiger partial charge in [-0.25, -0.2) is 0 Å². The van der Waals surface area contributed by atoms with Crippen molar-refractivity contribution in [1.82, 2.24) is 20.5 Å². The number of amides is 1. The molecule has 1 saturated heterocycles. The van der Waals surface area contributed by atoms with Gasteiger partial charge < -0.3 is 15.5 Å². The number of nitrogens with zero attached hydrogens (tertiary/aromatic N) is 2. The molecule has 1 aliphatic carbocycles. The van der Waals surface area contributed by atoms with E-state index in [9.17, 15) is 28.2 Å². The third kappa shape index (κ3) is 6.05. The molecule has 2 aromatic rings. The van der Waals surface area contributed by atoms with Crippen LogP contribution in [0.1, 0.15) is 53.1 Å². The highest BCUT2D eigenvalue weighted by molar-refractivity contribution is 5.94. The first-order chi connectivity index (χ1) is 16.2. The fraction of sp³-hybridized carbons (Fsp3) is 0.500. The largest absolute Gasteiger partial charge is 0.506 e. The smallest absolute Gasteiger partial charge is 0.416 e. The molecule has 10 heteroatoms. The second-order valence-electron chi connectivity index (χ2n) is 9.10. The molecular weight excluding hydrogens is 449 g/mol. The van der Waals surface area contributed by atoms with Gasteiger partial charge in [0.15, 0.2) is 0 Å². The first-order valence-electron chi connectivity index (χ1n) is 11.5. The first-order valence-corrected chi connectivity index (χ1v) is 11.5. The van der Waals surface area contributed by atoms with Crippen molar-refractivity contribution in [2.45, 2.75) is 56.1 Å². The molecule has 1 unspecified atom stereocenters. The Balaban J connectivity index is 1.16. The van der Waals surface area contributed by atoms with Crippen LogP contribution in [0.3, 0.4) is 0 Å². The Morgan fingerprint density at radius 3 is 2.56 bits per heavy atom. The quantitative estimate of drug-likeness (QED) is 0.457. The van der Waals surface area contributed by atoms with Crippen molar-refractivity contribution in [3.05, 3.63) is 59.4 Å². The van der Waals surface area contributed by atoms with Crippen LogP contribution in [-0.4, -0.2) is 63.9 Å². The monoisotopic (exact) mass is 478 g/mol. The Morgan fingerprint density at radius 1 is 1.15 bits per heavy atom. The van der Waals surface area contributed by atoms with Crippen LogP contribution in [0.25, 0.3) is 0 Å². The second kappa shape index (κ2) is 10.3. The third-order valence-corrected chi connectivity index (χ3v) is 6.68. The van der Waals surface area contributed by atoms with E-state index in [0.29, 0.717) is 12.0 Å². The number of benzene rings is 1. The SMILES string of the molecule is O=C(NCC(O)NC1CN(C2CCC(c3cncc(O)c3)CC2)C1)c1cccc(C(F)(F)F)c1. The highest BCUT2D eigenvalue weighted by Gasteiger charge is 2.35. The second-order valence-corrected chi connectivity index (χ2v) is 9.10. The average Bonchev–Trinajstić information content (AvgIpc) is 2.79. The van der Waals surface area contributed by atoms with E-state index >= 15 is 0 Å². The Kier molecular flexibility index (Phi) is 7.39. The van der Waals surface area contributed by atoms with Gasteiger partial charge in [0.1, 0.15) is 12.0 Å². The van der Waals surface area contributed by atoms with E-state index in [-0.39, 0.29) is 23.9 Å². The summed E-state index contributed by atoms with van der Waals surface area (Å²) in [6.45, 7) is 1.48. The molecule has 184 valence electrons. The molecule has 4 rings (SSSR count). The van der Waals surface area contributed by atoms with E-state index in [0.717, 1.165) is 56.5 Å². The van der Waals surface area contributed by atoms with Crippen LogP contribution in [0.15, 0.2) is 42.7 Å². The van der Waals surface area contributed by atoms with Gasteiger partial charge in [-0.15, -0.1) is 0 Å². The minimum Gasteiger partial charge on any atom is -0.506 e. The summed E-state index contributed by atoms with van der Waals surface area (Å²) in [4.78, 5) is 18.6. The van der Waals surface area contributed by atoms with E-state index in [1.54, 1.807) is 6.07 Å². The highest BCUT2D eigenvalue weighted by atomic mass is 19.4. The van der Waals surface area contributed by atoms with E-state index in [1.807, 2.05) is 6.20 Å². The summed E-state index contributed by atoms with van der Waals surface area (Å²) in [7, 11) is 0. The molecule has 1 aromatic heterocycles. The van der Waals surface area contributed by atoms with Gasteiger partial charge >= 0.3 is 6.18 Å². The number of halogens is 3. The first kappa shape index (κ1) is 24.4. The van der Waals surface area contributed by atoms with Gasteiger partial charge in [0.2, 0.25) is 0 Å². The zero-order valence-corrected chi connectivity index (χ0v) is 18.6. The lowest BCUT2D eigenvalue weighted by atomic mass is 9.81. The minimum atomic E-state index is -4.52. The summed E-state index contributed by atoms with van der Waals surface area (Å²) >= 11 is 0. The zero-order valence-electron chi connectivity index (χ0n) is 18.6. The summed E-state index contributed by atoms with van der Waals surface area (Å²) in [5.74, 6) is -0.0601. The van der Waals surface area contributed by atoms with Gasteiger partial charge in [-0.05, 0) is 61.4 Å². The number of hydrogen-bond acceptors (Lipinski definition) is 6. The number of aliphatic hydroxyl groups is 1. The molecule has 1 amide bonds. The number of aromatic hydroxyl groups is 1. The van der Waals surface area contributed by atoms with Crippen LogP contribution in [0.4, 0.5) is 13.2 Å². The van der Waals surface area contributed by atoms with Crippen LogP contribution in [0.2, 0.25) is 0 Å². The average molecular weight is 479 g/mol. The molecule has 2 aliphatic rings. The molecule has 7 nitrogen and oxygen atoms in total. The molecule has 0 radical (unpaired) electrons. The molecule has 0 spiro atoms. The van der Waals surface area contributed by atoms with Crippen molar-refractivity contribution in [3.8, 4) is 5.75 Å². The Hall–Kier alpha value is -2.69. The molecule has 1 aliphatic heterocycles. The van der Waals surface area contributed by atoms with E-state index in [4.69, 9.17) is 0 Å². The van der Waals surface area contributed by atoms with E-state index in [2.05, 4.69) is 20.5 Å². The zero-order chi connectivity index (χ0) is 24.3. The topological polar surface area (TPSA) is 97.7 Å². The molecule has 1 atom stereocenters. The molecule has 0 bridgehead atoms. The summed E-state index contributed by atoms with van der Waals surface area (Å²) in [6, 6.07) is 6.56. The lowest BCUT2D eigenvalue weighted by molar-refractivity contribution is -0.137. The molecule has 34 heavy (non-hydrogen) atoms. The predicted molar refractivity (Wildman–Crippen MR) is 119 cm³/mol. The van der Waals surface area contributed by atoms with Crippen LogP contribution in [0.5, 0.6) is 5.75 Å². The van der Waals surface area contributed by atoms with Crippen LogP contribution in [0, 0.1) is 0 Å². The number of carbonyl (C=O) groups is 1. The van der Waals surface area contributed by atoms with Gasteiger partial charge in [-0.3, -0.25) is 20.0 Å². The molecule has 1 saturated carbocycles. The number of aromatic nitrogens is 1. The minimum absolute atomic E-state index is 0.0912. The lowest BCUT2D eigenvalue weighted by Gasteiger charge is -2.47. The van der Waals surface area contributed by atoms with E-state index < -0.39 is 23.9 Å². The lowest BCUT2D eigenvalue weighted by Crippen LogP contribution is -2.64. The molecular formula is C24H29F3N4O3. The molecule has 1 aromatic carbocycles. The fourth-order valence-corrected chi connectivity index (χ4v) is 4.82. The number of nitrogens with one attached hydrogen (secondary N) is 2. The Morgan fingerprint density at radius 2 is 1.88 bits per heavy atom. The predicted octanol–water partition coefficient (Wildman–Crippen LogP) is 2.85. The number of hydrogen-bond donors (Lipinski definition) is 4. The number of pyridine rings is 1. The maximum atomic E-state index is 12.8. The number of aliphatic hydroxyl groups excluding tert-OH is 1. The van der Waals surface area contributed by atoms with Gasteiger partial charge in [0, 0.05) is 36.9 Å². The summed E-state index contributed by atoms with van der Waals surface area (Å²) < 4.78 is 38.4. The summed E-state index contributed by atoms with van der Waals surface area (Å²) in [5.41, 5.74) is 0.0897. The number of rotatable bonds is 7. The number of carbonyl (C=O) groups excluding carboxylic acids is 1. The molecule has 4 N–H and O–H groups in total. The maximum absolute atomic E-state index is 12.8. The van der Waals surface area contributed by atoms with Crippen molar-refractivity contribution in [3.63, 3.8) is 0 Å². The summed E-state index contributed by atoms with van der Waals surface area (Å²) in [6.07, 6.45) is 1.94. The van der Waals surface area contributed by atoms with Gasteiger partial charge in [-0.1, -0.05) is 6.07 Å². The van der Waals surface area contributed by atoms with Crippen molar-refractivity contribution < 1.29 is 28.2 Å². The number of alkyl halides is 3. The standard InChI is InChI=1S/C24H29F3N4O3/c25-24(26,27)18-3-1-2-16(8-18)23(34)29-12-22(33)30-19-13-31(14-19)20-6-4-15(5-7-20)17-9-21(32)11-28-10-17/h1-3,8-11,15,19-20,22,30,32-33H,4-7,12-14H2,(H,29,34). The van der Waals surface area contributed by atoms with E-state index in [1.165, 1.54) is 18.3 Å². The van der Waals surface area contributed by atoms with Gasteiger partial charge in [0.05, 0.1) is 18.3 Å². The fourth-order valence-electron chi connectivity index (χ4n) is 4.82. The van der Waals surface area contributed by atoms with Gasteiger partial charge in [-0.2, -0.15) is 13.2 Å². The summed E-state index contributed by atoms with van der Waals surface area (Å²) in [5, 5.41) is 25.4. The Bertz CT molecular complexity index is 989. The van der Waals surface area contributed by atoms with Crippen molar-refractivity contribution in [1.29, 1.82) is 0 Å². The van der Waals surface area contributed by atoms with Crippen LogP contribution >= 0.6 is 0 Å². The maximum Gasteiger partial charge on any atom is 0.416 e. The Labute approximate surface area is 196 Å². The van der Waals surface area contributed by atoms with Crippen molar-refractivity contribution in [2.24, 2.45) is 0 Å². The molecule has 2 heterocycles. The highest BCUT2D eigenvalue weighted by Crippen LogP contribution is 2.36. The van der Waals surface area contributed by atoms with Crippen LogP contribution in [-0.2, 0) is 6.18 Å². The van der Waals surface area contributed by atoms with Crippen molar-refractivity contribution >= 4 is 5.91 Å².